The molecule has 0 spiro atoms. The maximum absolute atomic E-state index is 12.3. The molecule has 0 saturated heterocycles. The second-order valence-electron chi connectivity index (χ2n) is 6.04. The van der Waals surface area contributed by atoms with E-state index >= 15 is 0 Å². The van der Waals surface area contributed by atoms with Crippen molar-refractivity contribution < 1.29 is 9.21 Å². The fraction of sp³-hybridized carbons (Fsp3) is 0.167. The summed E-state index contributed by atoms with van der Waals surface area (Å²) in [5, 5.41) is 14.0. The Morgan fingerprint density at radius 2 is 2.07 bits per heavy atom. The molecule has 0 aliphatic rings. The van der Waals surface area contributed by atoms with Gasteiger partial charge in [-0.05, 0) is 47.2 Å². The first-order chi connectivity index (χ1) is 13.1. The SMILES string of the molecule is Cc1ccc(NC(=O)CCn2c(=O)oc3ccccc32)cc1-n1cnnn1. The highest BCUT2D eigenvalue weighted by molar-refractivity contribution is 5.91. The smallest absolute Gasteiger partial charge is 0.408 e. The van der Waals surface area contributed by atoms with E-state index in [0.717, 1.165) is 11.3 Å². The number of carbonyl (C=O) groups excluding carboxylic acids is 1. The number of aryl methyl sites for hydroxylation is 2. The van der Waals surface area contributed by atoms with E-state index in [9.17, 15) is 9.59 Å². The van der Waals surface area contributed by atoms with E-state index in [1.54, 1.807) is 30.3 Å². The minimum Gasteiger partial charge on any atom is -0.408 e. The van der Waals surface area contributed by atoms with E-state index < -0.39 is 5.76 Å². The van der Waals surface area contributed by atoms with Gasteiger partial charge in [-0.2, -0.15) is 0 Å². The zero-order valence-electron chi connectivity index (χ0n) is 14.5. The van der Waals surface area contributed by atoms with E-state index in [2.05, 4.69) is 20.8 Å². The van der Waals surface area contributed by atoms with Crippen LogP contribution in [-0.4, -0.2) is 30.7 Å². The van der Waals surface area contributed by atoms with Gasteiger partial charge in [0.1, 0.15) is 6.33 Å². The number of hydrogen-bond acceptors (Lipinski definition) is 6. The van der Waals surface area contributed by atoms with Crippen molar-refractivity contribution in [1.29, 1.82) is 0 Å². The van der Waals surface area contributed by atoms with Crippen LogP contribution in [0.15, 0.2) is 58.0 Å². The number of para-hydroxylation sites is 2. The van der Waals surface area contributed by atoms with Gasteiger partial charge in [0.25, 0.3) is 0 Å². The molecule has 2 heterocycles. The van der Waals surface area contributed by atoms with Crippen molar-refractivity contribution >= 4 is 22.7 Å². The summed E-state index contributed by atoms with van der Waals surface area (Å²) in [6.07, 6.45) is 1.63. The lowest BCUT2D eigenvalue weighted by Crippen LogP contribution is -2.20. The van der Waals surface area contributed by atoms with Gasteiger partial charge in [-0.15, -0.1) is 5.10 Å². The number of benzene rings is 2. The van der Waals surface area contributed by atoms with E-state index in [1.807, 2.05) is 19.1 Å². The zero-order chi connectivity index (χ0) is 18.8. The minimum absolute atomic E-state index is 0.136. The van der Waals surface area contributed by atoms with Crippen molar-refractivity contribution in [3.05, 3.63) is 64.9 Å². The molecular formula is C18H16N6O3. The molecule has 136 valence electrons. The lowest BCUT2D eigenvalue weighted by atomic mass is 10.2. The summed E-state index contributed by atoms with van der Waals surface area (Å²) in [7, 11) is 0. The van der Waals surface area contributed by atoms with Gasteiger partial charge in [0.05, 0.1) is 11.2 Å². The molecule has 0 bridgehead atoms. The Morgan fingerprint density at radius 1 is 1.22 bits per heavy atom. The van der Waals surface area contributed by atoms with E-state index in [0.29, 0.717) is 16.8 Å². The van der Waals surface area contributed by atoms with Crippen molar-refractivity contribution in [2.75, 3.05) is 5.32 Å². The normalized spacial score (nSPS) is 11.0. The molecule has 4 rings (SSSR count). The van der Waals surface area contributed by atoms with Gasteiger partial charge in [0, 0.05) is 18.7 Å². The predicted molar refractivity (Wildman–Crippen MR) is 97.6 cm³/mol. The summed E-state index contributed by atoms with van der Waals surface area (Å²) >= 11 is 0. The number of hydrogen-bond donors (Lipinski definition) is 1. The minimum atomic E-state index is -0.472. The summed E-state index contributed by atoms with van der Waals surface area (Å²) in [6.45, 7) is 2.16. The van der Waals surface area contributed by atoms with Gasteiger partial charge in [-0.3, -0.25) is 9.36 Å². The summed E-state index contributed by atoms with van der Waals surface area (Å²) < 4.78 is 8.16. The Balaban J connectivity index is 1.48. The molecule has 1 N–H and O–H groups in total. The van der Waals surface area contributed by atoms with E-state index in [4.69, 9.17) is 4.42 Å². The van der Waals surface area contributed by atoms with Crippen LogP contribution in [0.2, 0.25) is 0 Å². The number of rotatable bonds is 5. The van der Waals surface area contributed by atoms with Gasteiger partial charge < -0.3 is 9.73 Å². The maximum atomic E-state index is 12.3. The monoisotopic (exact) mass is 364 g/mol. The summed E-state index contributed by atoms with van der Waals surface area (Å²) in [6, 6.07) is 12.6. The van der Waals surface area contributed by atoms with Crippen LogP contribution in [0.1, 0.15) is 12.0 Å². The Morgan fingerprint density at radius 3 is 2.89 bits per heavy atom. The molecule has 0 radical (unpaired) electrons. The van der Waals surface area contributed by atoms with E-state index in [1.165, 1.54) is 15.6 Å². The fourth-order valence-corrected chi connectivity index (χ4v) is 2.87. The highest BCUT2D eigenvalue weighted by Gasteiger charge is 2.11. The summed E-state index contributed by atoms with van der Waals surface area (Å²) in [4.78, 5) is 24.3. The second-order valence-corrected chi connectivity index (χ2v) is 6.04. The van der Waals surface area contributed by atoms with Crippen LogP contribution in [0.4, 0.5) is 5.69 Å². The number of aromatic nitrogens is 5. The van der Waals surface area contributed by atoms with Crippen LogP contribution in [0.3, 0.4) is 0 Å². The van der Waals surface area contributed by atoms with Crippen molar-refractivity contribution in [2.45, 2.75) is 19.9 Å². The van der Waals surface area contributed by atoms with Gasteiger partial charge in [-0.1, -0.05) is 18.2 Å². The quantitative estimate of drug-likeness (QED) is 0.579. The number of tetrazole rings is 1. The fourth-order valence-electron chi connectivity index (χ4n) is 2.87. The van der Waals surface area contributed by atoms with Crippen LogP contribution in [0.25, 0.3) is 16.8 Å². The highest BCUT2D eigenvalue weighted by atomic mass is 16.4. The van der Waals surface area contributed by atoms with Crippen molar-refractivity contribution in [1.82, 2.24) is 24.8 Å². The molecule has 2 aromatic carbocycles. The third kappa shape index (κ3) is 3.34. The second kappa shape index (κ2) is 6.87. The number of fused-ring (bicyclic) bond motifs is 1. The average Bonchev–Trinajstić information content (AvgIpc) is 3.29. The molecule has 27 heavy (non-hydrogen) atoms. The van der Waals surface area contributed by atoms with Crippen molar-refractivity contribution in [3.63, 3.8) is 0 Å². The van der Waals surface area contributed by atoms with Crippen molar-refractivity contribution in [2.24, 2.45) is 0 Å². The third-order valence-corrected chi connectivity index (χ3v) is 4.22. The summed E-state index contributed by atoms with van der Waals surface area (Å²) in [5.74, 6) is -0.681. The van der Waals surface area contributed by atoms with Gasteiger partial charge >= 0.3 is 5.76 Å². The number of nitrogens with one attached hydrogen (secondary N) is 1. The molecule has 0 atom stereocenters. The largest absolute Gasteiger partial charge is 0.419 e. The molecule has 0 aliphatic carbocycles. The molecule has 0 aliphatic heterocycles. The van der Waals surface area contributed by atoms with Crippen LogP contribution in [0.5, 0.6) is 0 Å². The van der Waals surface area contributed by atoms with Crippen LogP contribution < -0.4 is 11.1 Å². The molecule has 0 saturated carbocycles. The van der Waals surface area contributed by atoms with Gasteiger partial charge in [0.15, 0.2) is 5.58 Å². The highest BCUT2D eigenvalue weighted by Crippen LogP contribution is 2.18. The molecule has 4 aromatic rings. The molecule has 9 nitrogen and oxygen atoms in total. The maximum Gasteiger partial charge on any atom is 0.419 e. The number of nitrogens with zero attached hydrogens (tertiary/aromatic N) is 5. The molecule has 9 heteroatoms. The Labute approximate surface area is 153 Å². The molecule has 2 aromatic heterocycles. The van der Waals surface area contributed by atoms with Crippen molar-refractivity contribution in [3.8, 4) is 5.69 Å². The van der Waals surface area contributed by atoms with Crippen LogP contribution >= 0.6 is 0 Å². The number of oxazole rings is 1. The topological polar surface area (TPSA) is 108 Å². The first-order valence-corrected chi connectivity index (χ1v) is 8.34. The third-order valence-electron chi connectivity index (χ3n) is 4.22. The predicted octanol–water partition coefficient (Wildman–Crippen LogP) is 1.91. The number of amides is 1. The zero-order valence-corrected chi connectivity index (χ0v) is 14.5. The first kappa shape index (κ1) is 16.7. The molecule has 1 amide bonds. The van der Waals surface area contributed by atoms with Crippen LogP contribution in [0, 0.1) is 6.92 Å². The summed E-state index contributed by atoms with van der Waals surface area (Å²) in [5.41, 5.74) is 3.55. The van der Waals surface area contributed by atoms with Gasteiger partial charge in [-0.25, -0.2) is 9.48 Å². The molecule has 0 unspecified atom stereocenters. The lowest BCUT2D eigenvalue weighted by Gasteiger charge is -2.09. The van der Waals surface area contributed by atoms with Crippen LogP contribution in [-0.2, 0) is 11.3 Å². The molecular weight excluding hydrogens is 348 g/mol. The standard InChI is InChI=1S/C18H16N6O3/c1-12-6-7-13(10-15(12)24-11-19-21-22-24)20-17(25)8-9-23-14-4-2-3-5-16(14)27-18(23)26/h2-7,10-11H,8-9H2,1H3,(H,20,25). The average molecular weight is 364 g/mol. The molecule has 0 fully saturated rings. The number of anilines is 1. The Kier molecular flexibility index (Phi) is 4.25. The Hall–Kier alpha value is -3.75. The van der Waals surface area contributed by atoms with E-state index in [-0.39, 0.29) is 18.9 Å². The first-order valence-electron chi connectivity index (χ1n) is 8.34. The Bertz CT molecular complexity index is 1160. The number of carbonyl (C=O) groups is 1. The lowest BCUT2D eigenvalue weighted by molar-refractivity contribution is -0.116. The van der Waals surface area contributed by atoms with Gasteiger partial charge in [0.2, 0.25) is 5.91 Å².